The molecule has 1 fully saturated rings. The molecule has 0 unspecified atom stereocenters. The van der Waals surface area contributed by atoms with Crippen LogP contribution >= 0.6 is 0 Å². The number of anilines is 1. The second-order valence-electron chi connectivity index (χ2n) is 8.97. The number of nitrogens with two attached hydrogens (primary N) is 1. The van der Waals surface area contributed by atoms with Crippen molar-refractivity contribution in [3.05, 3.63) is 54.1 Å². The highest BCUT2D eigenvalue weighted by molar-refractivity contribution is 5.93. The molecule has 0 bridgehead atoms. The topological polar surface area (TPSA) is 110 Å². The van der Waals surface area contributed by atoms with Gasteiger partial charge in [0.05, 0.1) is 12.7 Å². The average molecular weight is 493 g/mol. The van der Waals surface area contributed by atoms with Crippen LogP contribution in [-0.2, 0) is 18.4 Å². The summed E-state index contributed by atoms with van der Waals surface area (Å²) in [6, 6.07) is 17.9. The van der Waals surface area contributed by atoms with Crippen molar-refractivity contribution < 1.29 is 14.3 Å². The number of benzene rings is 2. The number of hydrogen-bond donors (Lipinski definition) is 1. The van der Waals surface area contributed by atoms with Crippen LogP contribution in [0.3, 0.4) is 0 Å². The van der Waals surface area contributed by atoms with E-state index < -0.39 is 0 Å². The van der Waals surface area contributed by atoms with Gasteiger partial charge in [0.2, 0.25) is 0 Å². The minimum atomic E-state index is -0.246. The summed E-state index contributed by atoms with van der Waals surface area (Å²) in [6.45, 7) is 8.87. The lowest BCUT2D eigenvalue weighted by Gasteiger charge is -2.44. The molecule has 2 N–H and O–H groups in total. The zero-order chi connectivity index (χ0) is 26.1. The molecule has 2 aromatic carbocycles. The van der Waals surface area contributed by atoms with Gasteiger partial charge >= 0.3 is 6.09 Å². The van der Waals surface area contributed by atoms with E-state index in [1.165, 1.54) is 6.92 Å². The standard InChI is InChI=1S/C25H33N5O3.C2H3N/c1-18-15-29(25(31)33-17-20-9-5-4-6-10-20)16-19(2)30(18)13-8-14-32-22-12-7-11-21-23(22)28(3)27-24(21)26;1-2-3/h4-7,9-12,18-19H,8,13-17H2,1-3H3,(H2,26,27);1H3/t18-,19+;. The van der Waals surface area contributed by atoms with Crippen molar-refractivity contribution >= 4 is 22.8 Å². The number of nitrogen functional groups attached to an aromatic ring is 1. The van der Waals surface area contributed by atoms with Gasteiger partial charge in [0.15, 0.2) is 5.82 Å². The van der Waals surface area contributed by atoms with Crippen LogP contribution in [0, 0.1) is 11.3 Å². The number of aryl methyl sites for hydroxylation is 1. The first-order chi connectivity index (χ1) is 17.3. The molecule has 1 aliphatic rings. The second-order valence-corrected chi connectivity index (χ2v) is 8.97. The Morgan fingerprint density at radius 3 is 2.47 bits per heavy atom. The summed E-state index contributed by atoms with van der Waals surface area (Å²) < 4.78 is 13.4. The number of rotatable bonds is 7. The van der Waals surface area contributed by atoms with Gasteiger partial charge in [0, 0.05) is 51.1 Å². The van der Waals surface area contributed by atoms with Crippen LogP contribution in [0.1, 0.15) is 32.8 Å². The van der Waals surface area contributed by atoms with E-state index in [1.54, 1.807) is 10.8 Å². The second kappa shape index (κ2) is 12.8. The molecule has 2 atom stereocenters. The Hall–Kier alpha value is -3.77. The summed E-state index contributed by atoms with van der Waals surface area (Å²) in [4.78, 5) is 16.8. The fourth-order valence-corrected chi connectivity index (χ4v) is 4.63. The van der Waals surface area contributed by atoms with Crippen LogP contribution in [0.25, 0.3) is 10.9 Å². The minimum absolute atomic E-state index is 0.246. The molecule has 4 rings (SSSR count). The Balaban J connectivity index is 0.00000115. The van der Waals surface area contributed by atoms with Crippen molar-refractivity contribution in [2.45, 2.75) is 45.9 Å². The summed E-state index contributed by atoms with van der Waals surface area (Å²) in [7, 11) is 1.87. The van der Waals surface area contributed by atoms with Gasteiger partial charge in [0.25, 0.3) is 0 Å². The fourth-order valence-electron chi connectivity index (χ4n) is 4.63. The lowest BCUT2D eigenvalue weighted by atomic mass is 10.1. The van der Waals surface area contributed by atoms with Crippen LogP contribution in [0.15, 0.2) is 48.5 Å². The molecule has 3 aromatic rings. The minimum Gasteiger partial charge on any atom is -0.491 e. The summed E-state index contributed by atoms with van der Waals surface area (Å²) in [5.41, 5.74) is 7.89. The first-order valence-electron chi connectivity index (χ1n) is 12.2. The molecule has 2 heterocycles. The van der Waals surface area contributed by atoms with Gasteiger partial charge in [-0.3, -0.25) is 9.58 Å². The van der Waals surface area contributed by atoms with Crippen LogP contribution in [0.4, 0.5) is 10.6 Å². The van der Waals surface area contributed by atoms with Crippen molar-refractivity contribution in [2.24, 2.45) is 7.05 Å². The highest BCUT2D eigenvalue weighted by Gasteiger charge is 2.32. The number of hydrogen-bond acceptors (Lipinski definition) is 7. The van der Waals surface area contributed by atoms with E-state index in [-0.39, 0.29) is 18.2 Å². The Bertz CT molecular complexity index is 1160. The normalized spacial score (nSPS) is 17.7. The molecule has 36 heavy (non-hydrogen) atoms. The maximum Gasteiger partial charge on any atom is 0.410 e. The Morgan fingerprint density at radius 2 is 1.81 bits per heavy atom. The molecule has 0 spiro atoms. The third-order valence-electron chi connectivity index (χ3n) is 6.24. The smallest absolute Gasteiger partial charge is 0.410 e. The molecule has 192 valence electrons. The van der Waals surface area contributed by atoms with Gasteiger partial charge in [-0.15, -0.1) is 0 Å². The van der Waals surface area contributed by atoms with Crippen LogP contribution in [-0.4, -0.2) is 64.0 Å². The summed E-state index contributed by atoms with van der Waals surface area (Å²) in [5.74, 6) is 1.31. The highest BCUT2D eigenvalue weighted by atomic mass is 16.6. The van der Waals surface area contributed by atoms with Gasteiger partial charge in [-0.25, -0.2) is 4.79 Å². The summed E-state index contributed by atoms with van der Waals surface area (Å²) in [6.07, 6.45) is 0.640. The van der Waals surface area contributed by atoms with E-state index in [4.69, 9.17) is 20.5 Å². The zero-order valence-electron chi connectivity index (χ0n) is 21.6. The Morgan fingerprint density at radius 1 is 1.14 bits per heavy atom. The number of ether oxygens (including phenoxy) is 2. The Labute approximate surface area is 213 Å². The largest absolute Gasteiger partial charge is 0.491 e. The Kier molecular flexibility index (Phi) is 9.53. The molecule has 0 radical (unpaired) electrons. The van der Waals surface area contributed by atoms with E-state index in [2.05, 4.69) is 23.8 Å². The van der Waals surface area contributed by atoms with Crippen molar-refractivity contribution in [3.8, 4) is 11.8 Å². The number of piperazine rings is 1. The number of aromatic nitrogens is 2. The first kappa shape index (κ1) is 26.8. The highest BCUT2D eigenvalue weighted by Crippen LogP contribution is 2.29. The summed E-state index contributed by atoms with van der Waals surface area (Å²) in [5, 5.41) is 12.5. The molecule has 1 aliphatic heterocycles. The van der Waals surface area contributed by atoms with Crippen LogP contribution in [0.2, 0.25) is 0 Å². The van der Waals surface area contributed by atoms with Crippen molar-refractivity contribution in [1.82, 2.24) is 19.6 Å². The van der Waals surface area contributed by atoms with Gasteiger partial charge < -0.3 is 20.1 Å². The molecule has 0 aliphatic carbocycles. The molecule has 1 aromatic heterocycles. The van der Waals surface area contributed by atoms with Crippen molar-refractivity contribution in [2.75, 3.05) is 32.0 Å². The monoisotopic (exact) mass is 492 g/mol. The third-order valence-corrected chi connectivity index (χ3v) is 6.24. The third kappa shape index (κ3) is 6.67. The van der Waals surface area contributed by atoms with Gasteiger partial charge in [0.1, 0.15) is 17.9 Å². The van der Waals surface area contributed by atoms with Crippen LogP contribution < -0.4 is 10.5 Å². The average Bonchev–Trinajstić information content (AvgIpc) is 3.16. The molecular weight excluding hydrogens is 456 g/mol. The molecular formula is C27H36N6O3. The van der Waals surface area contributed by atoms with Gasteiger partial charge in [-0.2, -0.15) is 10.4 Å². The summed E-state index contributed by atoms with van der Waals surface area (Å²) >= 11 is 0. The van der Waals surface area contributed by atoms with E-state index in [0.29, 0.717) is 32.1 Å². The number of carbonyl (C=O) groups is 1. The molecule has 1 amide bonds. The maximum absolute atomic E-state index is 12.6. The number of nitriles is 1. The van der Waals surface area contributed by atoms with E-state index in [9.17, 15) is 4.79 Å². The number of amides is 1. The van der Waals surface area contributed by atoms with E-state index >= 15 is 0 Å². The van der Waals surface area contributed by atoms with Crippen molar-refractivity contribution in [3.63, 3.8) is 0 Å². The molecule has 9 nitrogen and oxygen atoms in total. The molecule has 9 heteroatoms. The lowest BCUT2D eigenvalue weighted by molar-refractivity contribution is 0.0230. The van der Waals surface area contributed by atoms with Gasteiger partial charge in [-0.1, -0.05) is 36.4 Å². The number of nitrogens with zero attached hydrogens (tertiary/aromatic N) is 5. The predicted molar refractivity (Wildman–Crippen MR) is 140 cm³/mol. The maximum atomic E-state index is 12.6. The lowest BCUT2D eigenvalue weighted by Crippen LogP contribution is -2.58. The number of para-hydroxylation sites is 1. The van der Waals surface area contributed by atoms with E-state index in [1.807, 2.05) is 60.5 Å². The number of carbonyl (C=O) groups excluding carboxylic acids is 1. The predicted octanol–water partition coefficient (Wildman–Crippen LogP) is 4.19. The van der Waals surface area contributed by atoms with E-state index in [0.717, 1.165) is 35.2 Å². The molecule has 1 saturated heterocycles. The zero-order valence-corrected chi connectivity index (χ0v) is 21.6. The SMILES string of the molecule is CC#N.C[C@@H]1CN(C(=O)OCc2ccccc2)C[C@H](C)N1CCCOc1cccc2c(N)nn(C)c12. The molecule has 0 saturated carbocycles. The quantitative estimate of drug-likeness (QED) is 0.493. The first-order valence-corrected chi connectivity index (χ1v) is 12.2. The van der Waals surface area contributed by atoms with Crippen LogP contribution in [0.5, 0.6) is 5.75 Å². The number of fused-ring (bicyclic) bond motifs is 1. The van der Waals surface area contributed by atoms with Gasteiger partial charge in [-0.05, 0) is 38.0 Å². The fraction of sp³-hybridized carbons (Fsp3) is 0.444. The van der Waals surface area contributed by atoms with Crippen molar-refractivity contribution in [1.29, 1.82) is 5.26 Å².